The molecule has 1 aliphatic heterocycles. The van der Waals surface area contributed by atoms with E-state index < -0.39 is 0 Å². The summed E-state index contributed by atoms with van der Waals surface area (Å²) in [6, 6.07) is -0.207. The largest absolute Gasteiger partial charge is 0.357 e. The first-order chi connectivity index (χ1) is 6.13. The lowest BCUT2D eigenvalue weighted by molar-refractivity contribution is -0.121. The van der Waals surface area contributed by atoms with Gasteiger partial charge in [-0.3, -0.25) is 9.79 Å². The molecule has 2 N–H and O–H groups in total. The number of nitrogens with one attached hydrogen (secondary N) is 2. The van der Waals surface area contributed by atoms with Crippen LogP contribution in [-0.4, -0.2) is 36.0 Å². The van der Waals surface area contributed by atoms with Gasteiger partial charge < -0.3 is 10.6 Å². The Kier molecular flexibility index (Phi) is 3.59. The van der Waals surface area contributed by atoms with E-state index in [0.717, 1.165) is 11.7 Å². The van der Waals surface area contributed by atoms with Crippen LogP contribution in [0.25, 0.3) is 0 Å². The fourth-order valence-electron chi connectivity index (χ4n) is 1.02. The molecule has 0 aromatic rings. The molecule has 0 aliphatic carbocycles. The maximum atomic E-state index is 11.1. The Morgan fingerprint density at radius 3 is 2.92 bits per heavy atom. The zero-order chi connectivity index (χ0) is 9.84. The normalized spacial score (nSPS) is 23.6. The first kappa shape index (κ1) is 10.4. The third-order valence-electron chi connectivity index (χ3n) is 1.78. The van der Waals surface area contributed by atoms with Gasteiger partial charge in [-0.05, 0) is 6.92 Å². The summed E-state index contributed by atoms with van der Waals surface area (Å²) in [7, 11) is 1.63. The average Bonchev–Trinajstić information content (AvgIpc) is 2.49. The van der Waals surface area contributed by atoms with Gasteiger partial charge in [-0.15, -0.1) is 0 Å². The number of amides is 1. The van der Waals surface area contributed by atoms with Gasteiger partial charge in [0.2, 0.25) is 5.91 Å². The summed E-state index contributed by atoms with van der Waals surface area (Å²) in [6.45, 7) is 4.78. The second-order valence-electron chi connectivity index (χ2n) is 3.05. The van der Waals surface area contributed by atoms with Crippen LogP contribution in [-0.2, 0) is 4.79 Å². The van der Waals surface area contributed by atoms with Gasteiger partial charge in [0.1, 0.15) is 6.04 Å². The standard InChI is InChI=1S/C8H15N3OS/c1-5-4-10-8(13-5)11-6(2)7(12)9-3/h5-6H,4H2,1-3H3,(H,9,12)(H,10,11). The molecule has 0 spiro atoms. The van der Waals surface area contributed by atoms with Crippen LogP contribution in [0.1, 0.15) is 13.8 Å². The van der Waals surface area contributed by atoms with E-state index in [1.54, 1.807) is 18.8 Å². The van der Waals surface area contributed by atoms with Crippen molar-refractivity contribution in [3.05, 3.63) is 0 Å². The molecule has 1 aliphatic rings. The van der Waals surface area contributed by atoms with Crippen molar-refractivity contribution in [1.82, 2.24) is 10.6 Å². The van der Waals surface area contributed by atoms with Gasteiger partial charge in [-0.2, -0.15) is 0 Å². The monoisotopic (exact) mass is 201 g/mol. The molecule has 2 unspecified atom stereocenters. The van der Waals surface area contributed by atoms with Crippen molar-refractivity contribution in [3.63, 3.8) is 0 Å². The number of amidine groups is 1. The highest BCUT2D eigenvalue weighted by molar-refractivity contribution is 8.14. The number of aliphatic imine (C=N–C) groups is 1. The summed E-state index contributed by atoms with van der Waals surface area (Å²) in [6.07, 6.45) is 0. The highest BCUT2D eigenvalue weighted by Gasteiger charge is 2.18. The highest BCUT2D eigenvalue weighted by atomic mass is 32.2. The molecule has 1 heterocycles. The Morgan fingerprint density at radius 1 is 1.77 bits per heavy atom. The highest BCUT2D eigenvalue weighted by Crippen LogP contribution is 2.18. The molecule has 0 saturated carbocycles. The van der Waals surface area contributed by atoms with Crippen molar-refractivity contribution in [3.8, 4) is 0 Å². The molecule has 0 aromatic carbocycles. The summed E-state index contributed by atoms with van der Waals surface area (Å²) in [5.74, 6) is -0.0112. The van der Waals surface area contributed by atoms with Gasteiger partial charge >= 0.3 is 0 Å². The third kappa shape index (κ3) is 2.91. The quantitative estimate of drug-likeness (QED) is 0.671. The van der Waals surface area contributed by atoms with E-state index in [1.807, 2.05) is 6.92 Å². The van der Waals surface area contributed by atoms with Crippen LogP contribution in [0.5, 0.6) is 0 Å². The molecular formula is C8H15N3OS. The molecule has 4 nitrogen and oxygen atoms in total. The van der Waals surface area contributed by atoms with Crippen molar-refractivity contribution in [2.45, 2.75) is 25.1 Å². The third-order valence-corrected chi connectivity index (χ3v) is 2.81. The topological polar surface area (TPSA) is 53.5 Å². The Balaban J connectivity index is 2.37. The first-order valence-corrected chi connectivity index (χ1v) is 5.20. The van der Waals surface area contributed by atoms with E-state index in [9.17, 15) is 4.79 Å². The molecule has 13 heavy (non-hydrogen) atoms. The summed E-state index contributed by atoms with van der Waals surface area (Å²) in [4.78, 5) is 15.4. The first-order valence-electron chi connectivity index (χ1n) is 4.32. The second-order valence-corrected chi connectivity index (χ2v) is 4.48. The number of hydrogen-bond acceptors (Lipinski definition) is 4. The number of thioether (sulfide) groups is 1. The lowest BCUT2D eigenvalue weighted by Crippen LogP contribution is -2.42. The predicted molar refractivity (Wildman–Crippen MR) is 56.0 cm³/mol. The molecule has 0 saturated heterocycles. The number of hydrogen-bond donors (Lipinski definition) is 2. The van der Waals surface area contributed by atoms with Gasteiger partial charge in [-0.25, -0.2) is 0 Å². The SMILES string of the molecule is CNC(=O)C(C)NC1=NCC(C)S1. The lowest BCUT2D eigenvalue weighted by atomic mass is 10.3. The maximum Gasteiger partial charge on any atom is 0.242 e. The molecule has 0 aromatic heterocycles. The van der Waals surface area contributed by atoms with E-state index >= 15 is 0 Å². The predicted octanol–water partition coefficient (Wildman–Crippen LogP) is 0.202. The van der Waals surface area contributed by atoms with E-state index in [-0.39, 0.29) is 11.9 Å². The van der Waals surface area contributed by atoms with Gasteiger partial charge in [0.25, 0.3) is 0 Å². The van der Waals surface area contributed by atoms with E-state index in [1.165, 1.54) is 0 Å². The minimum atomic E-state index is -0.207. The van der Waals surface area contributed by atoms with Crippen molar-refractivity contribution < 1.29 is 4.79 Å². The minimum Gasteiger partial charge on any atom is -0.357 e. The lowest BCUT2D eigenvalue weighted by Gasteiger charge is -2.12. The van der Waals surface area contributed by atoms with E-state index in [0.29, 0.717) is 5.25 Å². The van der Waals surface area contributed by atoms with Crippen molar-refractivity contribution in [2.24, 2.45) is 4.99 Å². The number of carbonyl (C=O) groups is 1. The summed E-state index contributed by atoms with van der Waals surface area (Å²) in [5.41, 5.74) is 0. The Hall–Kier alpha value is -0.710. The smallest absolute Gasteiger partial charge is 0.242 e. The maximum absolute atomic E-state index is 11.1. The van der Waals surface area contributed by atoms with Crippen LogP contribution >= 0.6 is 11.8 Å². The van der Waals surface area contributed by atoms with Crippen LogP contribution < -0.4 is 10.6 Å². The van der Waals surface area contributed by atoms with E-state index in [2.05, 4.69) is 22.5 Å². The average molecular weight is 201 g/mol. The summed E-state index contributed by atoms with van der Waals surface area (Å²) >= 11 is 1.68. The van der Waals surface area contributed by atoms with Gasteiger partial charge in [0.15, 0.2) is 5.17 Å². The van der Waals surface area contributed by atoms with Crippen LogP contribution in [0.2, 0.25) is 0 Å². The Morgan fingerprint density at radius 2 is 2.46 bits per heavy atom. The molecule has 0 radical (unpaired) electrons. The van der Waals surface area contributed by atoms with Crippen LogP contribution in [0.3, 0.4) is 0 Å². The fraction of sp³-hybridized carbons (Fsp3) is 0.750. The Labute approximate surface area is 82.6 Å². The fourth-order valence-corrected chi connectivity index (χ4v) is 1.95. The zero-order valence-electron chi connectivity index (χ0n) is 8.13. The molecule has 5 heteroatoms. The van der Waals surface area contributed by atoms with Crippen molar-refractivity contribution in [2.75, 3.05) is 13.6 Å². The van der Waals surface area contributed by atoms with Crippen LogP contribution in [0.4, 0.5) is 0 Å². The number of likely N-dealkylation sites (N-methyl/N-ethyl adjacent to an activating group) is 1. The molecule has 0 fully saturated rings. The Bertz CT molecular complexity index is 229. The molecule has 0 bridgehead atoms. The van der Waals surface area contributed by atoms with Gasteiger partial charge in [0, 0.05) is 12.3 Å². The molecule has 1 rings (SSSR count). The van der Waals surface area contributed by atoms with Crippen molar-refractivity contribution >= 4 is 22.8 Å². The molecule has 1 amide bonds. The number of nitrogens with zero attached hydrogens (tertiary/aromatic N) is 1. The van der Waals surface area contributed by atoms with Crippen LogP contribution in [0, 0.1) is 0 Å². The molecule has 74 valence electrons. The molecular weight excluding hydrogens is 186 g/mol. The molecule has 2 atom stereocenters. The summed E-state index contributed by atoms with van der Waals surface area (Å²) in [5, 5.41) is 7.05. The van der Waals surface area contributed by atoms with Gasteiger partial charge in [0.05, 0.1) is 6.54 Å². The second kappa shape index (κ2) is 4.50. The zero-order valence-corrected chi connectivity index (χ0v) is 8.94. The van der Waals surface area contributed by atoms with Crippen molar-refractivity contribution in [1.29, 1.82) is 0 Å². The van der Waals surface area contributed by atoms with E-state index in [4.69, 9.17) is 0 Å². The number of rotatable bonds is 2. The minimum absolute atomic E-state index is 0.0112. The van der Waals surface area contributed by atoms with Gasteiger partial charge in [-0.1, -0.05) is 18.7 Å². The summed E-state index contributed by atoms with van der Waals surface area (Å²) < 4.78 is 0. The number of carbonyl (C=O) groups excluding carboxylic acids is 1. The van der Waals surface area contributed by atoms with Crippen LogP contribution in [0.15, 0.2) is 4.99 Å².